The number of aromatic nitrogens is 4. The number of aryl methyl sites for hydroxylation is 2. The molecule has 0 atom stereocenters. The molecule has 0 fully saturated rings. The van der Waals surface area contributed by atoms with Crippen LogP contribution in [0.1, 0.15) is 12.8 Å². The third kappa shape index (κ3) is 5.73. The lowest BCUT2D eigenvalue weighted by atomic mass is 10.2. The molecular formula is C24H26N4O2. The van der Waals surface area contributed by atoms with Gasteiger partial charge in [-0.2, -0.15) is 0 Å². The number of rotatable bonds is 11. The van der Waals surface area contributed by atoms with Crippen LogP contribution in [0, 0.1) is 0 Å². The summed E-state index contributed by atoms with van der Waals surface area (Å²) in [7, 11) is 0. The standard InChI is InChI=1S/C24H26N4O2/c1-2-12-27(11-1)15-5-17-29-21-7-9-25-23(19-21)24-20-22(8-10-26-24)30-18-6-16-28-13-3-4-14-28/h1-4,7-14,19-20H,5-6,15-18H2. The Kier molecular flexibility index (Phi) is 6.78. The first-order chi connectivity index (χ1) is 14.9. The molecular weight excluding hydrogens is 376 g/mol. The van der Waals surface area contributed by atoms with Crippen LogP contribution in [-0.4, -0.2) is 32.3 Å². The molecule has 4 rings (SSSR count). The number of pyridine rings is 2. The first-order valence-electron chi connectivity index (χ1n) is 10.3. The van der Waals surface area contributed by atoms with Crippen LogP contribution in [0.25, 0.3) is 11.4 Å². The van der Waals surface area contributed by atoms with Crippen molar-refractivity contribution in [2.45, 2.75) is 25.9 Å². The second-order valence-corrected chi connectivity index (χ2v) is 7.00. The number of nitrogens with zero attached hydrogens (tertiary/aromatic N) is 4. The SMILES string of the molecule is c1ccn(CCCOc2ccnc(-c3cc(OCCCn4cccc4)ccn3)c2)c1. The second-order valence-electron chi connectivity index (χ2n) is 7.00. The van der Waals surface area contributed by atoms with Gasteiger partial charge in [-0.15, -0.1) is 0 Å². The van der Waals surface area contributed by atoms with Crippen LogP contribution in [0.15, 0.2) is 85.7 Å². The lowest BCUT2D eigenvalue weighted by molar-refractivity contribution is 0.301. The van der Waals surface area contributed by atoms with Crippen LogP contribution in [0.5, 0.6) is 11.5 Å². The van der Waals surface area contributed by atoms with Gasteiger partial charge in [0.2, 0.25) is 0 Å². The van der Waals surface area contributed by atoms with Gasteiger partial charge in [-0.1, -0.05) is 0 Å². The second kappa shape index (κ2) is 10.3. The van der Waals surface area contributed by atoms with Crippen LogP contribution >= 0.6 is 0 Å². The average Bonchev–Trinajstić information content (AvgIpc) is 3.49. The van der Waals surface area contributed by atoms with E-state index in [2.05, 4.69) is 43.9 Å². The van der Waals surface area contributed by atoms with Gasteiger partial charge >= 0.3 is 0 Å². The fourth-order valence-corrected chi connectivity index (χ4v) is 3.19. The predicted octanol–water partition coefficient (Wildman–Crippen LogP) is 4.68. The molecule has 6 nitrogen and oxygen atoms in total. The maximum atomic E-state index is 5.90. The summed E-state index contributed by atoms with van der Waals surface area (Å²) < 4.78 is 16.1. The first-order valence-corrected chi connectivity index (χ1v) is 10.3. The Morgan fingerprint density at radius 3 is 1.50 bits per heavy atom. The molecule has 0 saturated heterocycles. The maximum Gasteiger partial charge on any atom is 0.123 e. The Labute approximate surface area is 176 Å². The van der Waals surface area contributed by atoms with Crippen LogP contribution in [-0.2, 0) is 13.1 Å². The minimum Gasteiger partial charge on any atom is -0.493 e. The number of hydrogen-bond acceptors (Lipinski definition) is 4. The van der Waals surface area contributed by atoms with E-state index in [1.807, 2.05) is 48.5 Å². The molecule has 0 radical (unpaired) electrons. The maximum absolute atomic E-state index is 5.90. The molecule has 30 heavy (non-hydrogen) atoms. The highest BCUT2D eigenvalue weighted by molar-refractivity contribution is 5.57. The van der Waals surface area contributed by atoms with Gasteiger partial charge in [-0.05, 0) is 49.2 Å². The van der Waals surface area contributed by atoms with Gasteiger partial charge in [0.1, 0.15) is 11.5 Å². The quantitative estimate of drug-likeness (QED) is 0.342. The minimum absolute atomic E-state index is 0.652. The van der Waals surface area contributed by atoms with Crippen LogP contribution < -0.4 is 9.47 Å². The zero-order valence-electron chi connectivity index (χ0n) is 16.9. The molecule has 0 spiro atoms. The van der Waals surface area contributed by atoms with E-state index in [1.54, 1.807) is 12.4 Å². The van der Waals surface area contributed by atoms with Gasteiger partial charge in [-0.25, -0.2) is 0 Å². The van der Waals surface area contributed by atoms with Crippen molar-refractivity contribution in [3.8, 4) is 22.9 Å². The molecule has 0 aliphatic heterocycles. The van der Waals surface area contributed by atoms with Crippen molar-refractivity contribution in [2.24, 2.45) is 0 Å². The summed E-state index contributed by atoms with van der Waals surface area (Å²) in [5.41, 5.74) is 1.55. The van der Waals surface area contributed by atoms with Crippen molar-refractivity contribution >= 4 is 0 Å². The van der Waals surface area contributed by atoms with Crippen LogP contribution in [0.3, 0.4) is 0 Å². The van der Waals surface area contributed by atoms with Gasteiger partial charge in [0.05, 0.1) is 24.6 Å². The molecule has 0 saturated carbocycles. The molecule has 4 heterocycles. The molecule has 0 amide bonds. The van der Waals surface area contributed by atoms with Crippen LogP contribution in [0.4, 0.5) is 0 Å². The van der Waals surface area contributed by atoms with Crippen molar-refractivity contribution in [3.05, 3.63) is 85.7 Å². The molecule has 0 aromatic carbocycles. The third-order valence-corrected chi connectivity index (χ3v) is 4.72. The number of ether oxygens (including phenoxy) is 2. The number of hydrogen-bond donors (Lipinski definition) is 0. The van der Waals surface area contributed by atoms with Gasteiger partial charge in [0.15, 0.2) is 0 Å². The van der Waals surface area contributed by atoms with Crippen molar-refractivity contribution in [3.63, 3.8) is 0 Å². The van der Waals surface area contributed by atoms with E-state index in [0.717, 1.165) is 48.8 Å². The van der Waals surface area contributed by atoms with Gasteiger partial charge < -0.3 is 18.6 Å². The summed E-state index contributed by atoms with van der Waals surface area (Å²) >= 11 is 0. The molecule has 0 unspecified atom stereocenters. The van der Waals surface area contributed by atoms with E-state index in [0.29, 0.717) is 13.2 Å². The smallest absolute Gasteiger partial charge is 0.123 e. The van der Waals surface area contributed by atoms with Crippen molar-refractivity contribution < 1.29 is 9.47 Å². The zero-order chi connectivity index (χ0) is 20.4. The third-order valence-electron chi connectivity index (χ3n) is 4.72. The molecule has 0 N–H and O–H groups in total. The summed E-state index contributed by atoms with van der Waals surface area (Å²) in [6.45, 7) is 3.19. The van der Waals surface area contributed by atoms with Gasteiger partial charge in [0.25, 0.3) is 0 Å². The Balaban J connectivity index is 1.28. The summed E-state index contributed by atoms with van der Waals surface area (Å²) in [6.07, 6.45) is 13.6. The van der Waals surface area contributed by atoms with Crippen molar-refractivity contribution in [2.75, 3.05) is 13.2 Å². The van der Waals surface area contributed by atoms with Crippen molar-refractivity contribution in [1.82, 2.24) is 19.1 Å². The fourth-order valence-electron chi connectivity index (χ4n) is 3.19. The highest BCUT2D eigenvalue weighted by atomic mass is 16.5. The molecule has 4 aromatic heterocycles. The highest BCUT2D eigenvalue weighted by Crippen LogP contribution is 2.23. The fraction of sp³-hybridized carbons (Fsp3) is 0.250. The zero-order valence-corrected chi connectivity index (χ0v) is 16.9. The lowest BCUT2D eigenvalue weighted by Gasteiger charge is -2.10. The van der Waals surface area contributed by atoms with Gasteiger partial charge in [0, 0.05) is 62.4 Å². The largest absolute Gasteiger partial charge is 0.493 e. The van der Waals surface area contributed by atoms with E-state index in [-0.39, 0.29) is 0 Å². The van der Waals surface area contributed by atoms with E-state index < -0.39 is 0 Å². The summed E-state index contributed by atoms with van der Waals surface area (Å²) in [5.74, 6) is 1.60. The van der Waals surface area contributed by atoms with E-state index in [1.165, 1.54) is 0 Å². The van der Waals surface area contributed by atoms with Crippen LogP contribution in [0.2, 0.25) is 0 Å². The Morgan fingerprint density at radius 1 is 0.633 bits per heavy atom. The molecule has 4 aromatic rings. The highest BCUT2D eigenvalue weighted by Gasteiger charge is 2.05. The Hall–Kier alpha value is -3.54. The molecule has 6 heteroatoms. The van der Waals surface area contributed by atoms with E-state index in [4.69, 9.17) is 9.47 Å². The summed E-state index contributed by atoms with van der Waals surface area (Å²) in [5, 5.41) is 0. The summed E-state index contributed by atoms with van der Waals surface area (Å²) in [4.78, 5) is 8.89. The monoisotopic (exact) mass is 402 g/mol. The Bertz CT molecular complexity index is 930. The van der Waals surface area contributed by atoms with Crippen molar-refractivity contribution in [1.29, 1.82) is 0 Å². The Morgan fingerprint density at radius 2 is 1.07 bits per heavy atom. The molecule has 0 bridgehead atoms. The molecule has 0 aliphatic carbocycles. The molecule has 0 aliphatic rings. The predicted molar refractivity (Wildman–Crippen MR) is 117 cm³/mol. The lowest BCUT2D eigenvalue weighted by Crippen LogP contribution is -2.04. The minimum atomic E-state index is 0.652. The van der Waals surface area contributed by atoms with E-state index >= 15 is 0 Å². The normalized spacial score (nSPS) is 10.8. The average molecular weight is 402 g/mol. The van der Waals surface area contributed by atoms with Gasteiger partial charge in [-0.3, -0.25) is 9.97 Å². The topological polar surface area (TPSA) is 54.1 Å². The summed E-state index contributed by atoms with van der Waals surface area (Å²) in [6, 6.07) is 15.7. The van der Waals surface area contributed by atoms with E-state index in [9.17, 15) is 0 Å². The first kappa shape index (κ1) is 19.8. The molecule has 154 valence electrons.